The van der Waals surface area contributed by atoms with E-state index in [1.54, 1.807) is 0 Å². The Morgan fingerprint density at radius 2 is 0.709 bits per heavy atom. The molecule has 256 valence electrons. The third kappa shape index (κ3) is 5.03. The van der Waals surface area contributed by atoms with Crippen molar-refractivity contribution in [1.82, 2.24) is 19.5 Å². The Kier molecular flexibility index (Phi) is 7.14. The third-order valence-electron chi connectivity index (χ3n) is 10.9. The lowest BCUT2D eigenvalue weighted by Gasteiger charge is -2.16. The van der Waals surface area contributed by atoms with Crippen molar-refractivity contribution in [2.45, 2.75) is 0 Å². The van der Waals surface area contributed by atoms with Crippen molar-refractivity contribution in [3.05, 3.63) is 194 Å². The van der Waals surface area contributed by atoms with Crippen LogP contribution in [0, 0.1) is 0 Å². The fourth-order valence-electron chi connectivity index (χ4n) is 8.39. The molecule has 0 unspecified atom stereocenters. The summed E-state index contributed by atoms with van der Waals surface area (Å²) in [5.41, 5.74) is 8.71. The van der Waals surface area contributed by atoms with Crippen LogP contribution in [0.2, 0.25) is 0 Å². The fraction of sp³-hybridized carbons (Fsp3) is 0. The smallest absolute Gasteiger partial charge is 0.164 e. The Morgan fingerprint density at radius 3 is 1.42 bits per heavy atom. The van der Waals surface area contributed by atoms with E-state index >= 15 is 0 Å². The minimum atomic E-state index is 0.635. The second-order valence-corrected chi connectivity index (χ2v) is 14.0. The summed E-state index contributed by atoms with van der Waals surface area (Å²) < 4.78 is 2.38. The van der Waals surface area contributed by atoms with Gasteiger partial charge in [0, 0.05) is 32.8 Å². The van der Waals surface area contributed by atoms with E-state index in [9.17, 15) is 0 Å². The lowest BCUT2D eigenvalue weighted by molar-refractivity contribution is 1.08. The summed E-state index contributed by atoms with van der Waals surface area (Å²) in [7, 11) is 0. The van der Waals surface area contributed by atoms with Crippen LogP contribution in [-0.4, -0.2) is 19.5 Å². The Labute approximate surface area is 317 Å². The van der Waals surface area contributed by atoms with Gasteiger partial charge in [-0.3, -0.25) is 0 Å². The average Bonchev–Trinajstić information content (AvgIpc) is 3.59. The first-order valence-corrected chi connectivity index (χ1v) is 18.6. The molecule has 0 saturated carbocycles. The van der Waals surface area contributed by atoms with Crippen molar-refractivity contribution >= 4 is 54.1 Å². The van der Waals surface area contributed by atoms with Gasteiger partial charge in [-0.25, -0.2) is 15.0 Å². The number of aromatic nitrogens is 4. The van der Waals surface area contributed by atoms with Crippen molar-refractivity contribution in [3.63, 3.8) is 0 Å². The predicted octanol–water partition coefficient (Wildman–Crippen LogP) is 13.1. The summed E-state index contributed by atoms with van der Waals surface area (Å²) in [6, 6.07) is 68.6. The van der Waals surface area contributed by atoms with E-state index in [0.29, 0.717) is 17.5 Å². The fourth-order valence-corrected chi connectivity index (χ4v) is 8.39. The maximum Gasteiger partial charge on any atom is 0.164 e. The summed E-state index contributed by atoms with van der Waals surface area (Å²) in [5, 5.41) is 9.37. The lowest BCUT2D eigenvalue weighted by Crippen LogP contribution is -2.02. The van der Waals surface area contributed by atoms with Crippen LogP contribution < -0.4 is 0 Å². The summed E-state index contributed by atoms with van der Waals surface area (Å²) in [6.45, 7) is 0. The van der Waals surface area contributed by atoms with E-state index in [-0.39, 0.29) is 0 Å². The standard InChI is InChI=1S/C51H32N4/c1-2-16-34(17-3-1)49-52-50(44-28-14-26-38-37(25-13-27-39(38)44)36-24-12-18-33-15-4-5-19-35(33)36)54-51(53-49)45-31-32-48(41-21-7-6-20-40(41)45)55-46-29-10-8-22-42(46)43-23-9-11-30-47(43)55/h1-32H. The molecule has 0 aliphatic heterocycles. The van der Waals surface area contributed by atoms with Crippen molar-refractivity contribution in [3.8, 4) is 51.0 Å². The molecule has 0 aliphatic rings. The molecule has 0 radical (unpaired) electrons. The van der Waals surface area contributed by atoms with Crippen LogP contribution in [0.3, 0.4) is 0 Å². The van der Waals surface area contributed by atoms with Crippen LogP contribution >= 0.6 is 0 Å². The van der Waals surface area contributed by atoms with Gasteiger partial charge in [0.15, 0.2) is 17.5 Å². The first-order valence-electron chi connectivity index (χ1n) is 18.6. The molecule has 0 fully saturated rings. The summed E-state index contributed by atoms with van der Waals surface area (Å²) in [4.78, 5) is 15.7. The first kappa shape index (κ1) is 31.1. The number of hydrogen-bond donors (Lipinski definition) is 0. The Bertz CT molecular complexity index is 3210. The highest BCUT2D eigenvalue weighted by atomic mass is 15.0. The maximum atomic E-state index is 5.32. The molecule has 0 aliphatic carbocycles. The van der Waals surface area contributed by atoms with E-state index < -0.39 is 0 Å². The van der Waals surface area contributed by atoms with Gasteiger partial charge in [0.25, 0.3) is 0 Å². The monoisotopic (exact) mass is 700 g/mol. The quantitative estimate of drug-likeness (QED) is 0.179. The van der Waals surface area contributed by atoms with Crippen molar-refractivity contribution in [2.75, 3.05) is 0 Å². The van der Waals surface area contributed by atoms with Gasteiger partial charge in [0.2, 0.25) is 0 Å². The Hall–Kier alpha value is -7.43. The van der Waals surface area contributed by atoms with Crippen LogP contribution in [-0.2, 0) is 0 Å². The molecule has 0 bridgehead atoms. The minimum Gasteiger partial charge on any atom is -0.309 e. The van der Waals surface area contributed by atoms with E-state index in [1.165, 1.54) is 43.7 Å². The molecule has 55 heavy (non-hydrogen) atoms. The van der Waals surface area contributed by atoms with Crippen LogP contribution in [0.1, 0.15) is 0 Å². The Morgan fingerprint density at radius 1 is 0.273 bits per heavy atom. The highest BCUT2D eigenvalue weighted by Crippen LogP contribution is 2.40. The summed E-state index contributed by atoms with van der Waals surface area (Å²) >= 11 is 0. The van der Waals surface area contributed by atoms with Crippen molar-refractivity contribution in [1.29, 1.82) is 0 Å². The number of benzene rings is 9. The molecule has 0 amide bonds. The topological polar surface area (TPSA) is 43.6 Å². The first-order chi connectivity index (χ1) is 27.3. The molecule has 4 nitrogen and oxygen atoms in total. The number of hydrogen-bond acceptors (Lipinski definition) is 3. The number of para-hydroxylation sites is 2. The van der Waals surface area contributed by atoms with Gasteiger partial charge in [-0.1, -0.05) is 170 Å². The number of fused-ring (bicyclic) bond motifs is 6. The van der Waals surface area contributed by atoms with Gasteiger partial charge >= 0.3 is 0 Å². The highest BCUT2D eigenvalue weighted by molar-refractivity contribution is 6.12. The summed E-state index contributed by atoms with van der Waals surface area (Å²) in [5.74, 6) is 1.91. The molecular weight excluding hydrogens is 669 g/mol. The molecule has 4 heteroatoms. The van der Waals surface area contributed by atoms with Gasteiger partial charge in [-0.2, -0.15) is 0 Å². The van der Waals surface area contributed by atoms with Crippen molar-refractivity contribution in [2.24, 2.45) is 0 Å². The van der Waals surface area contributed by atoms with Gasteiger partial charge in [-0.05, 0) is 62.3 Å². The molecule has 9 aromatic carbocycles. The molecule has 2 aromatic heterocycles. The molecule has 11 rings (SSSR count). The molecule has 2 heterocycles. The van der Waals surface area contributed by atoms with E-state index in [1.807, 2.05) is 18.2 Å². The maximum absolute atomic E-state index is 5.32. The van der Waals surface area contributed by atoms with E-state index in [0.717, 1.165) is 43.9 Å². The molecule has 0 saturated heterocycles. The normalized spacial score (nSPS) is 11.6. The lowest BCUT2D eigenvalue weighted by atomic mass is 9.92. The largest absolute Gasteiger partial charge is 0.309 e. The van der Waals surface area contributed by atoms with Gasteiger partial charge in [0.1, 0.15) is 0 Å². The van der Waals surface area contributed by atoms with Crippen LogP contribution in [0.5, 0.6) is 0 Å². The van der Waals surface area contributed by atoms with Gasteiger partial charge in [0.05, 0.1) is 16.7 Å². The number of rotatable bonds is 5. The molecule has 11 aromatic rings. The zero-order chi connectivity index (χ0) is 36.3. The second kappa shape index (κ2) is 12.6. The summed E-state index contributed by atoms with van der Waals surface area (Å²) in [6.07, 6.45) is 0. The minimum absolute atomic E-state index is 0.635. The van der Waals surface area contributed by atoms with Gasteiger partial charge < -0.3 is 4.57 Å². The molecule has 0 atom stereocenters. The molecular formula is C51H32N4. The highest BCUT2D eigenvalue weighted by Gasteiger charge is 2.20. The zero-order valence-electron chi connectivity index (χ0n) is 29.8. The molecule has 0 spiro atoms. The number of nitrogens with zero attached hydrogens (tertiary/aromatic N) is 4. The van der Waals surface area contributed by atoms with Gasteiger partial charge in [-0.15, -0.1) is 0 Å². The van der Waals surface area contributed by atoms with Crippen LogP contribution in [0.15, 0.2) is 194 Å². The van der Waals surface area contributed by atoms with E-state index in [2.05, 4.69) is 180 Å². The van der Waals surface area contributed by atoms with Crippen LogP contribution in [0.25, 0.3) is 105 Å². The van der Waals surface area contributed by atoms with Crippen LogP contribution in [0.4, 0.5) is 0 Å². The van der Waals surface area contributed by atoms with E-state index in [4.69, 9.17) is 15.0 Å². The van der Waals surface area contributed by atoms with Crippen molar-refractivity contribution < 1.29 is 0 Å². The average molecular weight is 701 g/mol. The zero-order valence-corrected chi connectivity index (χ0v) is 29.8. The third-order valence-corrected chi connectivity index (χ3v) is 10.9. The molecule has 0 N–H and O–H groups in total. The Balaban J connectivity index is 1.14. The second-order valence-electron chi connectivity index (χ2n) is 14.0. The SMILES string of the molecule is c1ccc(-c2nc(-c3cccc4c(-c5cccc6ccccc56)cccc34)nc(-c3ccc(-n4c5ccccc5c5ccccc54)c4ccccc34)n2)cc1. The predicted molar refractivity (Wildman–Crippen MR) is 228 cm³/mol.